The van der Waals surface area contributed by atoms with Crippen LogP contribution in [-0.4, -0.2) is 61.8 Å². The van der Waals surface area contributed by atoms with Gasteiger partial charge in [-0.05, 0) is 62.7 Å². The van der Waals surface area contributed by atoms with Crippen molar-refractivity contribution < 1.29 is 86.7 Å². The Bertz CT molecular complexity index is 1840. The van der Waals surface area contributed by atoms with Gasteiger partial charge >= 0.3 is 51.4 Å². The first kappa shape index (κ1) is 37.5. The van der Waals surface area contributed by atoms with Gasteiger partial charge in [0.15, 0.2) is 12.3 Å². The Hall–Kier alpha value is -1.94. The number of carbonyl (C=O) groups excluding carboxylic acids is 1. The molecule has 0 aromatic heterocycles. The number of nitrogens with one attached hydrogen (secondary N) is 1. The topological polar surface area (TPSA) is 150 Å². The fraction of sp³-hybridized carbons (Fsp3) is 0.375. The van der Waals surface area contributed by atoms with Gasteiger partial charge < -0.3 is 19.3 Å². The Kier molecular flexibility index (Phi) is 11.7. The normalized spacial score (nSPS) is 18.0. The summed E-state index contributed by atoms with van der Waals surface area (Å²) in [5.41, 5.74) is 3.85. The number of carbonyl (C=O) groups is 1. The molecule has 0 saturated carbocycles. The number of amides is 1. The summed E-state index contributed by atoms with van der Waals surface area (Å²) in [5, 5.41) is 2.80. The van der Waals surface area contributed by atoms with Crippen molar-refractivity contribution in [2.24, 2.45) is 0 Å². The quantitative estimate of drug-likeness (QED) is 0.130. The maximum Gasteiger partial charge on any atom is 1.00 e. The molecule has 1 amide bonds. The molecular weight excluding hydrogens is 642 g/mol. The van der Waals surface area contributed by atoms with Crippen LogP contribution in [0.15, 0.2) is 82.3 Å². The molecule has 0 bridgehead atoms. The Morgan fingerprint density at radius 3 is 2.09 bits per heavy atom. The summed E-state index contributed by atoms with van der Waals surface area (Å²) in [4.78, 5) is 12.9. The number of anilines is 1. The van der Waals surface area contributed by atoms with Crippen LogP contribution < -0.4 is 61.6 Å². The number of nitrogens with zero attached hydrogens (tertiary/aromatic N) is 2. The molecule has 2 aliphatic heterocycles. The third kappa shape index (κ3) is 7.79. The SMILES string of the molecule is CCN1\C(=C/C=C/C=C/C2=[N+](CCCNC(C)=O)c3ccc(S(=O)(=O)[O-])cc3C2(C)C)C(C)(C)c2cc(S(=O)(=O)[O-])ccc21.[K+]. The second kappa shape index (κ2) is 14.0. The average molecular weight is 680 g/mol. The molecule has 2 aliphatic rings. The molecule has 0 radical (unpaired) electrons. The van der Waals surface area contributed by atoms with Gasteiger partial charge in [0.25, 0.3) is 0 Å². The van der Waals surface area contributed by atoms with E-state index < -0.39 is 31.1 Å². The fourth-order valence-electron chi connectivity index (χ4n) is 6.06. The summed E-state index contributed by atoms with van der Waals surface area (Å²) >= 11 is 0. The minimum Gasteiger partial charge on any atom is -0.744 e. The minimum absolute atomic E-state index is 0. The van der Waals surface area contributed by atoms with E-state index in [2.05, 4.69) is 14.8 Å². The van der Waals surface area contributed by atoms with Gasteiger partial charge in [0.1, 0.15) is 20.2 Å². The summed E-state index contributed by atoms with van der Waals surface area (Å²) in [6.45, 7) is 13.1. The van der Waals surface area contributed by atoms with Crippen LogP contribution in [0.2, 0.25) is 0 Å². The molecule has 0 unspecified atom stereocenters. The second-order valence-corrected chi connectivity index (χ2v) is 14.7. The van der Waals surface area contributed by atoms with Gasteiger partial charge in [-0.25, -0.2) is 16.8 Å². The maximum atomic E-state index is 11.8. The zero-order valence-electron chi connectivity index (χ0n) is 26.7. The van der Waals surface area contributed by atoms with Crippen LogP contribution in [0.4, 0.5) is 11.4 Å². The number of hydrogen-bond donors (Lipinski definition) is 1. The second-order valence-electron chi connectivity index (χ2n) is 11.9. The standard InChI is InChI=1S/C32H39N3O7S2.K/c1-7-34-27-16-14-23(43(37,38)39)20-25(27)31(3,4)29(34)12-9-8-10-13-30-32(5,6)26-21-24(44(40,41)42)15-17-28(26)35(30)19-11-18-33-22(2)36;/h8-10,12-17,20-21H,7,11,18-19H2,1-6H3,(H2-,33,36,37,38,39,40,41,42);/q;+1/p-1. The monoisotopic (exact) mass is 679 g/mol. The molecule has 236 valence electrons. The van der Waals surface area contributed by atoms with Gasteiger partial charge in [-0.1, -0.05) is 32.1 Å². The van der Waals surface area contributed by atoms with Crippen molar-refractivity contribution in [2.75, 3.05) is 24.5 Å². The molecule has 2 heterocycles. The van der Waals surface area contributed by atoms with Gasteiger partial charge in [0.05, 0.1) is 15.2 Å². The Labute approximate surface area is 308 Å². The first-order valence-corrected chi connectivity index (χ1v) is 17.2. The molecule has 4 rings (SSSR count). The third-order valence-electron chi connectivity index (χ3n) is 8.28. The minimum atomic E-state index is -4.63. The van der Waals surface area contributed by atoms with Crippen LogP contribution in [-0.2, 0) is 35.9 Å². The summed E-state index contributed by atoms with van der Waals surface area (Å²) in [6.07, 6.45) is 10.2. The molecule has 1 N–H and O–H groups in total. The molecule has 0 fully saturated rings. The molecule has 2 aromatic rings. The summed E-state index contributed by atoms with van der Waals surface area (Å²) < 4.78 is 72.4. The molecule has 13 heteroatoms. The van der Waals surface area contributed by atoms with Gasteiger partial charge in [0, 0.05) is 60.9 Å². The van der Waals surface area contributed by atoms with Crippen LogP contribution in [0.1, 0.15) is 59.1 Å². The first-order valence-electron chi connectivity index (χ1n) is 14.3. The molecule has 0 saturated heterocycles. The predicted octanol–water partition coefficient (Wildman–Crippen LogP) is 1.22. The van der Waals surface area contributed by atoms with Crippen molar-refractivity contribution in [3.05, 3.63) is 83.6 Å². The van der Waals surface area contributed by atoms with E-state index in [4.69, 9.17) is 0 Å². The van der Waals surface area contributed by atoms with E-state index in [0.29, 0.717) is 26.1 Å². The van der Waals surface area contributed by atoms with Gasteiger partial charge in [-0.3, -0.25) is 4.79 Å². The smallest absolute Gasteiger partial charge is 0.744 e. The molecule has 10 nitrogen and oxygen atoms in total. The molecule has 0 atom stereocenters. The van der Waals surface area contributed by atoms with E-state index in [-0.39, 0.29) is 67.1 Å². The van der Waals surface area contributed by atoms with E-state index in [9.17, 15) is 30.7 Å². The number of hydrogen-bond acceptors (Lipinski definition) is 8. The summed E-state index contributed by atoms with van der Waals surface area (Å²) in [7, 11) is -9.21. The van der Waals surface area contributed by atoms with Gasteiger partial charge in [-0.15, -0.1) is 0 Å². The van der Waals surface area contributed by atoms with E-state index >= 15 is 0 Å². The zero-order chi connectivity index (χ0) is 32.7. The predicted molar refractivity (Wildman–Crippen MR) is 167 cm³/mol. The van der Waals surface area contributed by atoms with E-state index in [1.165, 1.54) is 31.2 Å². The Balaban J connectivity index is 0.00000552. The number of rotatable bonds is 10. The van der Waals surface area contributed by atoms with Crippen molar-refractivity contribution in [3.63, 3.8) is 0 Å². The molecule has 0 spiro atoms. The van der Waals surface area contributed by atoms with Crippen molar-refractivity contribution in [2.45, 2.75) is 68.6 Å². The Morgan fingerprint density at radius 2 is 1.51 bits per heavy atom. The largest absolute Gasteiger partial charge is 1.00 e. The van der Waals surface area contributed by atoms with E-state index in [1.54, 1.807) is 12.1 Å². The zero-order valence-corrected chi connectivity index (χ0v) is 31.5. The van der Waals surface area contributed by atoms with Crippen LogP contribution in [0.25, 0.3) is 0 Å². The van der Waals surface area contributed by atoms with Crippen molar-refractivity contribution in [3.8, 4) is 0 Å². The fourth-order valence-corrected chi connectivity index (χ4v) is 7.05. The third-order valence-corrected chi connectivity index (χ3v) is 9.95. The summed E-state index contributed by atoms with van der Waals surface area (Å²) in [6, 6.07) is 8.92. The van der Waals surface area contributed by atoms with Crippen LogP contribution in [0, 0.1) is 0 Å². The molecule has 2 aromatic carbocycles. The van der Waals surface area contributed by atoms with Gasteiger partial charge in [0.2, 0.25) is 11.6 Å². The van der Waals surface area contributed by atoms with E-state index in [0.717, 1.165) is 33.9 Å². The number of allylic oxidation sites excluding steroid dienone is 6. The van der Waals surface area contributed by atoms with Crippen LogP contribution in [0.3, 0.4) is 0 Å². The number of likely N-dealkylation sites (N-methyl/N-ethyl adjacent to an activating group) is 1. The van der Waals surface area contributed by atoms with Crippen molar-refractivity contribution >= 4 is 43.2 Å². The average Bonchev–Trinajstić information content (AvgIpc) is 3.27. The van der Waals surface area contributed by atoms with Crippen molar-refractivity contribution in [1.29, 1.82) is 0 Å². The van der Waals surface area contributed by atoms with E-state index in [1.807, 2.05) is 65.0 Å². The van der Waals surface area contributed by atoms with Crippen LogP contribution >= 0.6 is 0 Å². The summed E-state index contributed by atoms with van der Waals surface area (Å²) in [5.74, 6) is -0.119. The number of fused-ring (bicyclic) bond motifs is 2. The van der Waals surface area contributed by atoms with Crippen molar-refractivity contribution in [1.82, 2.24) is 5.32 Å². The van der Waals surface area contributed by atoms with Gasteiger partial charge in [-0.2, -0.15) is 4.58 Å². The maximum absolute atomic E-state index is 11.8. The molecular formula is C32H38KN3O7S2. The molecule has 45 heavy (non-hydrogen) atoms. The van der Waals surface area contributed by atoms with Crippen LogP contribution in [0.5, 0.6) is 0 Å². The molecule has 0 aliphatic carbocycles. The number of benzene rings is 2. The Morgan fingerprint density at radius 1 is 0.911 bits per heavy atom. The first-order chi connectivity index (χ1) is 20.4.